The Hall–Kier alpha value is -3.10. The first-order valence-electron chi connectivity index (χ1n) is 7.14. The lowest BCUT2D eigenvalue weighted by Crippen LogP contribution is -2.37. The molecule has 9 nitrogen and oxygen atoms in total. The van der Waals surface area contributed by atoms with Crippen molar-refractivity contribution in [1.29, 1.82) is 0 Å². The van der Waals surface area contributed by atoms with Gasteiger partial charge in [-0.25, -0.2) is 4.68 Å². The van der Waals surface area contributed by atoms with E-state index in [-0.39, 0.29) is 0 Å². The van der Waals surface area contributed by atoms with Crippen LogP contribution >= 0.6 is 0 Å². The van der Waals surface area contributed by atoms with Crippen molar-refractivity contribution < 1.29 is 19.0 Å². The summed E-state index contributed by atoms with van der Waals surface area (Å²) in [7, 11) is 4.44. The molecule has 1 aliphatic rings. The summed E-state index contributed by atoms with van der Waals surface area (Å²) in [5.74, 6) is 0.393. The standard InChI is InChI=1S/C15H17N5O4/c1-8-12(14(21)24-4)13(20-15(16-8)17-18-19-20)10-7-9(22-2)5-6-11(10)23-3/h5-7,12-13H,1H2,2-4H3,(H,16,17,19). The largest absolute Gasteiger partial charge is 0.497 e. The van der Waals surface area contributed by atoms with Crippen LogP contribution in [0.5, 0.6) is 11.5 Å². The van der Waals surface area contributed by atoms with E-state index in [0.717, 1.165) is 0 Å². The van der Waals surface area contributed by atoms with Gasteiger partial charge in [-0.2, -0.15) is 0 Å². The second kappa shape index (κ2) is 6.19. The molecule has 0 radical (unpaired) electrons. The molecular formula is C15H17N5O4. The first-order chi connectivity index (χ1) is 11.6. The highest BCUT2D eigenvalue weighted by atomic mass is 16.5. The summed E-state index contributed by atoms with van der Waals surface area (Å²) in [5.41, 5.74) is 1.13. The number of carbonyl (C=O) groups excluding carboxylic acids is 1. The highest BCUT2D eigenvalue weighted by Gasteiger charge is 2.42. The minimum Gasteiger partial charge on any atom is -0.497 e. The second-order valence-corrected chi connectivity index (χ2v) is 5.15. The molecule has 0 amide bonds. The number of aromatic nitrogens is 4. The van der Waals surface area contributed by atoms with Gasteiger partial charge in [-0.05, 0) is 28.6 Å². The van der Waals surface area contributed by atoms with Gasteiger partial charge in [0, 0.05) is 11.3 Å². The van der Waals surface area contributed by atoms with Crippen LogP contribution in [0.15, 0.2) is 30.5 Å². The Morgan fingerprint density at radius 1 is 1.29 bits per heavy atom. The van der Waals surface area contributed by atoms with Crippen molar-refractivity contribution in [2.45, 2.75) is 6.04 Å². The number of methoxy groups -OCH3 is 3. The van der Waals surface area contributed by atoms with Crippen LogP contribution in [-0.2, 0) is 9.53 Å². The van der Waals surface area contributed by atoms with E-state index in [2.05, 4.69) is 27.4 Å². The van der Waals surface area contributed by atoms with Gasteiger partial charge in [-0.15, -0.1) is 0 Å². The first kappa shape index (κ1) is 15.8. The maximum absolute atomic E-state index is 12.4. The van der Waals surface area contributed by atoms with Crippen molar-refractivity contribution in [2.75, 3.05) is 26.6 Å². The number of carbonyl (C=O) groups is 1. The van der Waals surface area contributed by atoms with Gasteiger partial charge in [-0.3, -0.25) is 4.79 Å². The molecule has 1 aliphatic heterocycles. The molecule has 0 spiro atoms. The Kier molecular flexibility index (Phi) is 4.07. The molecular weight excluding hydrogens is 314 g/mol. The average molecular weight is 331 g/mol. The van der Waals surface area contributed by atoms with Gasteiger partial charge in [-0.1, -0.05) is 11.7 Å². The van der Waals surface area contributed by atoms with Crippen LogP contribution in [0.4, 0.5) is 5.95 Å². The fourth-order valence-corrected chi connectivity index (χ4v) is 2.80. The number of ether oxygens (including phenoxy) is 3. The van der Waals surface area contributed by atoms with E-state index in [4.69, 9.17) is 14.2 Å². The molecule has 9 heteroatoms. The molecule has 1 aromatic heterocycles. The van der Waals surface area contributed by atoms with Crippen LogP contribution in [0.25, 0.3) is 0 Å². The zero-order valence-corrected chi connectivity index (χ0v) is 13.5. The Bertz CT molecular complexity index is 788. The minimum absolute atomic E-state index is 0.384. The van der Waals surface area contributed by atoms with E-state index < -0.39 is 17.9 Å². The number of tetrazole rings is 1. The molecule has 24 heavy (non-hydrogen) atoms. The number of hydrogen-bond acceptors (Lipinski definition) is 8. The molecule has 0 fully saturated rings. The lowest BCUT2D eigenvalue weighted by molar-refractivity contribution is -0.145. The number of nitrogens with zero attached hydrogens (tertiary/aromatic N) is 4. The fraction of sp³-hybridized carbons (Fsp3) is 0.333. The van der Waals surface area contributed by atoms with Crippen LogP contribution in [0, 0.1) is 5.92 Å². The average Bonchev–Trinajstić information content (AvgIpc) is 3.07. The monoisotopic (exact) mass is 331 g/mol. The van der Waals surface area contributed by atoms with Crippen molar-refractivity contribution in [2.24, 2.45) is 5.92 Å². The van der Waals surface area contributed by atoms with Crippen LogP contribution in [0.2, 0.25) is 0 Å². The number of fused-ring (bicyclic) bond motifs is 1. The zero-order chi connectivity index (χ0) is 17.3. The molecule has 1 aromatic carbocycles. The molecule has 2 atom stereocenters. The van der Waals surface area contributed by atoms with Gasteiger partial charge in [0.2, 0.25) is 5.95 Å². The highest BCUT2D eigenvalue weighted by Crippen LogP contribution is 2.42. The van der Waals surface area contributed by atoms with Crippen molar-refractivity contribution in [3.05, 3.63) is 36.0 Å². The quantitative estimate of drug-likeness (QED) is 0.829. The van der Waals surface area contributed by atoms with Crippen LogP contribution < -0.4 is 14.8 Å². The Balaban J connectivity index is 2.22. The van der Waals surface area contributed by atoms with Crippen molar-refractivity contribution in [3.8, 4) is 11.5 Å². The zero-order valence-electron chi connectivity index (χ0n) is 13.5. The number of nitrogens with one attached hydrogen (secondary N) is 1. The normalized spacial score (nSPS) is 19.2. The van der Waals surface area contributed by atoms with Gasteiger partial charge < -0.3 is 19.5 Å². The lowest BCUT2D eigenvalue weighted by atomic mass is 9.88. The lowest BCUT2D eigenvalue weighted by Gasteiger charge is -2.32. The number of anilines is 1. The van der Waals surface area contributed by atoms with Crippen molar-refractivity contribution in [3.63, 3.8) is 0 Å². The summed E-state index contributed by atoms with van der Waals surface area (Å²) in [5, 5.41) is 14.5. The molecule has 2 unspecified atom stereocenters. The highest BCUT2D eigenvalue weighted by molar-refractivity contribution is 5.79. The predicted molar refractivity (Wildman–Crippen MR) is 83.8 cm³/mol. The van der Waals surface area contributed by atoms with Crippen LogP contribution in [0.3, 0.4) is 0 Å². The molecule has 2 heterocycles. The van der Waals surface area contributed by atoms with Gasteiger partial charge in [0.15, 0.2) is 0 Å². The third kappa shape index (κ3) is 2.43. The van der Waals surface area contributed by atoms with Crippen LogP contribution in [0.1, 0.15) is 11.6 Å². The minimum atomic E-state index is -0.730. The SMILES string of the molecule is C=C1Nc2nnnn2C(c2cc(OC)ccc2OC)C1C(=O)OC. The molecule has 1 N–H and O–H groups in total. The summed E-state index contributed by atoms with van der Waals surface area (Å²) in [6.07, 6.45) is 0. The Labute approximate surface area is 138 Å². The summed E-state index contributed by atoms with van der Waals surface area (Å²) < 4.78 is 17.2. The van der Waals surface area contributed by atoms with Crippen LogP contribution in [-0.4, -0.2) is 47.5 Å². The number of rotatable bonds is 4. The Morgan fingerprint density at radius 2 is 2.08 bits per heavy atom. The molecule has 2 aromatic rings. The molecule has 126 valence electrons. The van der Waals surface area contributed by atoms with E-state index >= 15 is 0 Å². The third-order valence-electron chi connectivity index (χ3n) is 3.93. The summed E-state index contributed by atoms with van der Waals surface area (Å²) in [4.78, 5) is 12.4. The van der Waals surface area contributed by atoms with E-state index in [9.17, 15) is 4.79 Å². The van der Waals surface area contributed by atoms with E-state index in [1.54, 1.807) is 32.4 Å². The summed E-state index contributed by atoms with van der Waals surface area (Å²) in [6, 6.07) is 4.73. The predicted octanol–water partition coefficient (Wildman–Crippen LogP) is 1.01. The van der Waals surface area contributed by atoms with E-state index in [0.29, 0.717) is 28.7 Å². The maximum Gasteiger partial charge on any atom is 0.317 e. The van der Waals surface area contributed by atoms with Crippen molar-refractivity contribution in [1.82, 2.24) is 20.2 Å². The summed E-state index contributed by atoms with van der Waals surface area (Å²) in [6.45, 7) is 3.92. The number of esters is 1. The smallest absolute Gasteiger partial charge is 0.317 e. The van der Waals surface area contributed by atoms with Gasteiger partial charge in [0.1, 0.15) is 23.5 Å². The molecule has 3 rings (SSSR count). The molecule has 0 saturated heterocycles. The summed E-state index contributed by atoms with van der Waals surface area (Å²) >= 11 is 0. The Morgan fingerprint density at radius 3 is 2.75 bits per heavy atom. The first-order valence-corrected chi connectivity index (χ1v) is 7.14. The molecule has 0 bridgehead atoms. The third-order valence-corrected chi connectivity index (χ3v) is 3.93. The second-order valence-electron chi connectivity index (χ2n) is 5.15. The van der Waals surface area contributed by atoms with Gasteiger partial charge in [0.05, 0.1) is 21.3 Å². The number of benzene rings is 1. The van der Waals surface area contributed by atoms with Gasteiger partial charge >= 0.3 is 5.97 Å². The topological polar surface area (TPSA) is 100 Å². The van der Waals surface area contributed by atoms with E-state index in [1.807, 2.05) is 0 Å². The number of hydrogen-bond donors (Lipinski definition) is 1. The maximum atomic E-state index is 12.4. The fourth-order valence-electron chi connectivity index (χ4n) is 2.80. The van der Waals surface area contributed by atoms with E-state index in [1.165, 1.54) is 11.8 Å². The van der Waals surface area contributed by atoms with Crippen molar-refractivity contribution >= 4 is 11.9 Å². The van der Waals surface area contributed by atoms with Gasteiger partial charge in [0.25, 0.3) is 0 Å². The molecule has 0 aliphatic carbocycles. The molecule has 0 saturated carbocycles.